The predicted octanol–water partition coefficient (Wildman–Crippen LogP) is 2.32. The van der Waals surface area contributed by atoms with Crippen LogP contribution in [0.2, 0.25) is 0 Å². The lowest BCUT2D eigenvalue weighted by molar-refractivity contribution is -0.165. The van der Waals surface area contributed by atoms with Gasteiger partial charge in [0.2, 0.25) is 0 Å². The van der Waals surface area contributed by atoms with Crippen LogP contribution < -0.4 is 0 Å². The smallest absolute Gasteiger partial charge is 0.390 e. The zero-order valence-corrected chi connectivity index (χ0v) is 12.6. The molecule has 1 aromatic carbocycles. The Morgan fingerprint density at radius 3 is 2.52 bits per heavy atom. The number of carbonyl (C=O) groups is 1. The van der Waals surface area contributed by atoms with Gasteiger partial charge in [0.15, 0.2) is 0 Å². The zero-order valence-electron chi connectivity index (χ0n) is 12.6. The minimum Gasteiger partial charge on any atom is -0.481 e. The Bertz CT molecular complexity index is 535. The highest BCUT2D eigenvalue weighted by atomic mass is 19.4. The molecule has 7 heteroatoms. The molecule has 2 rings (SSSR count). The second-order valence-electron chi connectivity index (χ2n) is 6.07. The Labute approximate surface area is 132 Å². The Kier molecular flexibility index (Phi) is 5.31. The van der Waals surface area contributed by atoms with Crippen LogP contribution in [0.1, 0.15) is 18.4 Å². The molecule has 0 aliphatic carbocycles. The van der Waals surface area contributed by atoms with Crippen LogP contribution in [0.25, 0.3) is 0 Å². The van der Waals surface area contributed by atoms with E-state index in [1.54, 1.807) is 30.3 Å². The molecular formula is C16H20F3NO3. The molecule has 1 aliphatic rings. The van der Waals surface area contributed by atoms with Crippen LogP contribution in [-0.2, 0) is 11.2 Å². The van der Waals surface area contributed by atoms with Crippen molar-refractivity contribution in [2.24, 2.45) is 5.41 Å². The van der Waals surface area contributed by atoms with Crippen LogP contribution in [0.4, 0.5) is 13.2 Å². The molecule has 1 saturated heterocycles. The molecule has 0 amide bonds. The number of carboxylic acid groups (broad SMARTS) is 1. The highest BCUT2D eigenvalue weighted by Crippen LogP contribution is 2.35. The summed E-state index contributed by atoms with van der Waals surface area (Å²) in [7, 11) is 0. The molecular weight excluding hydrogens is 311 g/mol. The molecule has 0 saturated carbocycles. The molecule has 1 fully saturated rings. The maximum Gasteiger partial charge on any atom is 0.390 e. The number of nitrogens with zero attached hydrogens (tertiary/aromatic N) is 1. The van der Waals surface area contributed by atoms with E-state index in [4.69, 9.17) is 0 Å². The van der Waals surface area contributed by atoms with E-state index in [-0.39, 0.29) is 32.5 Å². The third-order valence-corrected chi connectivity index (χ3v) is 4.36. The second-order valence-corrected chi connectivity index (χ2v) is 6.07. The number of aliphatic hydroxyl groups excluding tert-OH is 1. The average molecular weight is 331 g/mol. The van der Waals surface area contributed by atoms with Crippen molar-refractivity contribution in [3.63, 3.8) is 0 Å². The van der Waals surface area contributed by atoms with Crippen LogP contribution in [0.5, 0.6) is 0 Å². The monoisotopic (exact) mass is 331 g/mol. The molecule has 1 aromatic rings. The van der Waals surface area contributed by atoms with E-state index in [2.05, 4.69) is 0 Å². The Morgan fingerprint density at radius 1 is 1.30 bits per heavy atom. The normalized spacial score (nSPS) is 26.2. The van der Waals surface area contributed by atoms with Gasteiger partial charge in [-0.15, -0.1) is 0 Å². The third kappa shape index (κ3) is 4.45. The summed E-state index contributed by atoms with van der Waals surface area (Å²) in [4.78, 5) is 13.3. The number of alkyl halides is 3. The number of hydrogen-bond acceptors (Lipinski definition) is 3. The number of likely N-dealkylation sites (tertiary alicyclic amines) is 1. The molecule has 0 unspecified atom stereocenters. The van der Waals surface area contributed by atoms with Gasteiger partial charge in [-0.05, 0) is 18.4 Å². The quantitative estimate of drug-likeness (QED) is 0.869. The number of hydrogen-bond donors (Lipinski definition) is 2. The summed E-state index contributed by atoms with van der Waals surface area (Å²) in [5.41, 5.74) is -0.739. The molecule has 2 atom stereocenters. The van der Waals surface area contributed by atoms with Gasteiger partial charge >= 0.3 is 12.1 Å². The number of aliphatic carboxylic acids is 1. The molecule has 128 valence electrons. The van der Waals surface area contributed by atoms with Crippen LogP contribution in [0.15, 0.2) is 30.3 Å². The number of carboxylic acids is 1. The van der Waals surface area contributed by atoms with Gasteiger partial charge in [-0.2, -0.15) is 13.2 Å². The average Bonchev–Trinajstić information content (AvgIpc) is 2.48. The summed E-state index contributed by atoms with van der Waals surface area (Å²) in [6, 6.07) is 8.84. The fraction of sp³-hybridized carbons (Fsp3) is 0.562. The number of rotatable bonds is 5. The van der Waals surface area contributed by atoms with Gasteiger partial charge in [0.1, 0.15) is 5.41 Å². The van der Waals surface area contributed by atoms with Gasteiger partial charge in [0.05, 0.1) is 12.5 Å². The summed E-state index contributed by atoms with van der Waals surface area (Å²) in [6.07, 6.45) is -6.10. The fourth-order valence-electron chi connectivity index (χ4n) is 3.06. The third-order valence-electron chi connectivity index (χ3n) is 4.36. The van der Waals surface area contributed by atoms with Gasteiger partial charge in [-0.1, -0.05) is 30.3 Å². The van der Waals surface area contributed by atoms with E-state index >= 15 is 0 Å². The first kappa shape index (κ1) is 17.7. The standard InChI is InChI=1S/C16H20F3NO3/c17-16(18,19)7-9-20-8-6-13(21)15(11-20,14(22)23)10-12-4-2-1-3-5-12/h1-5,13,21H,6-11H2,(H,22,23)/t13-,15+/m0/s1. The van der Waals surface area contributed by atoms with E-state index in [0.717, 1.165) is 5.56 Å². The molecule has 0 radical (unpaired) electrons. The Balaban J connectivity index is 2.16. The number of piperidine rings is 1. The first-order chi connectivity index (χ1) is 10.7. The Hall–Kier alpha value is -1.60. The van der Waals surface area contributed by atoms with Crippen molar-refractivity contribution in [2.75, 3.05) is 19.6 Å². The lowest BCUT2D eigenvalue weighted by atomic mass is 9.73. The van der Waals surface area contributed by atoms with E-state index in [9.17, 15) is 28.2 Å². The van der Waals surface area contributed by atoms with Crippen LogP contribution >= 0.6 is 0 Å². The molecule has 4 nitrogen and oxygen atoms in total. The Morgan fingerprint density at radius 2 is 1.96 bits per heavy atom. The number of halogens is 3. The van der Waals surface area contributed by atoms with Crippen molar-refractivity contribution >= 4 is 5.97 Å². The summed E-state index contributed by atoms with van der Waals surface area (Å²) < 4.78 is 37.2. The number of aliphatic hydroxyl groups is 1. The predicted molar refractivity (Wildman–Crippen MR) is 78.0 cm³/mol. The molecule has 23 heavy (non-hydrogen) atoms. The van der Waals surface area contributed by atoms with E-state index < -0.39 is 30.1 Å². The van der Waals surface area contributed by atoms with Crippen molar-refractivity contribution in [3.8, 4) is 0 Å². The largest absolute Gasteiger partial charge is 0.481 e. The first-order valence-corrected chi connectivity index (χ1v) is 7.47. The van der Waals surface area contributed by atoms with Gasteiger partial charge in [-0.25, -0.2) is 0 Å². The maximum atomic E-state index is 12.4. The lowest BCUT2D eigenvalue weighted by Crippen LogP contribution is -2.57. The minimum absolute atomic E-state index is 0.0888. The van der Waals surface area contributed by atoms with Gasteiger partial charge in [0, 0.05) is 19.6 Å². The summed E-state index contributed by atoms with van der Waals surface area (Å²) in [6.45, 7) is -0.0738. The van der Waals surface area contributed by atoms with Crippen molar-refractivity contribution in [1.82, 2.24) is 4.90 Å². The zero-order chi connectivity index (χ0) is 17.1. The molecule has 0 aromatic heterocycles. The van der Waals surface area contributed by atoms with E-state index in [1.807, 2.05) is 0 Å². The first-order valence-electron chi connectivity index (χ1n) is 7.47. The molecule has 0 bridgehead atoms. The highest BCUT2D eigenvalue weighted by Gasteiger charge is 2.49. The van der Waals surface area contributed by atoms with Crippen LogP contribution in [0, 0.1) is 5.41 Å². The van der Waals surface area contributed by atoms with Crippen molar-refractivity contribution < 1.29 is 28.2 Å². The van der Waals surface area contributed by atoms with Crippen molar-refractivity contribution in [1.29, 1.82) is 0 Å². The summed E-state index contributed by atoms with van der Waals surface area (Å²) in [5.74, 6) is -1.18. The molecule has 1 aliphatic heterocycles. The second kappa shape index (κ2) is 6.88. The SMILES string of the molecule is O=C(O)[C@]1(Cc2ccccc2)CN(CCC(F)(F)F)CC[C@@H]1O. The van der Waals surface area contributed by atoms with Gasteiger partial charge in [0.25, 0.3) is 0 Å². The topological polar surface area (TPSA) is 60.8 Å². The summed E-state index contributed by atoms with van der Waals surface area (Å²) in [5, 5.41) is 19.9. The molecule has 0 spiro atoms. The van der Waals surface area contributed by atoms with Crippen molar-refractivity contribution in [2.45, 2.75) is 31.5 Å². The fourth-order valence-corrected chi connectivity index (χ4v) is 3.06. The lowest BCUT2D eigenvalue weighted by Gasteiger charge is -2.43. The number of benzene rings is 1. The molecule has 1 heterocycles. The highest BCUT2D eigenvalue weighted by molar-refractivity contribution is 5.76. The van der Waals surface area contributed by atoms with Crippen LogP contribution in [-0.4, -0.2) is 53.0 Å². The van der Waals surface area contributed by atoms with Gasteiger partial charge in [-0.3, -0.25) is 4.79 Å². The van der Waals surface area contributed by atoms with Gasteiger partial charge < -0.3 is 15.1 Å². The van der Waals surface area contributed by atoms with Crippen molar-refractivity contribution in [3.05, 3.63) is 35.9 Å². The molecule has 2 N–H and O–H groups in total. The minimum atomic E-state index is -4.28. The van der Waals surface area contributed by atoms with E-state index in [0.29, 0.717) is 0 Å². The van der Waals surface area contributed by atoms with E-state index in [1.165, 1.54) is 4.90 Å². The van der Waals surface area contributed by atoms with Crippen LogP contribution in [0.3, 0.4) is 0 Å². The summed E-state index contributed by atoms with van der Waals surface area (Å²) >= 11 is 0. The maximum absolute atomic E-state index is 12.4.